The van der Waals surface area contributed by atoms with Crippen molar-refractivity contribution in [1.82, 2.24) is 14.9 Å². The number of imidazole rings is 1. The van der Waals surface area contributed by atoms with E-state index in [1.54, 1.807) is 0 Å². The minimum Gasteiger partial charge on any atom is -0.342 e. The second kappa shape index (κ2) is 6.83. The van der Waals surface area contributed by atoms with Crippen LogP contribution in [0.1, 0.15) is 35.7 Å². The summed E-state index contributed by atoms with van der Waals surface area (Å²) in [5.74, 6) is 1.23. The number of aryl methyl sites for hydroxylation is 2. The lowest BCUT2D eigenvalue weighted by Gasteiger charge is -2.32. The number of nitrogens with one attached hydrogen (secondary N) is 2. The first-order chi connectivity index (χ1) is 12.6. The van der Waals surface area contributed by atoms with Gasteiger partial charge in [0.25, 0.3) is 0 Å². The molecule has 1 aliphatic heterocycles. The summed E-state index contributed by atoms with van der Waals surface area (Å²) >= 11 is 0. The van der Waals surface area contributed by atoms with Crippen molar-refractivity contribution < 1.29 is 4.79 Å². The minimum absolute atomic E-state index is 0.0317. The molecule has 1 atom stereocenters. The first-order valence-electron chi connectivity index (χ1n) is 9.17. The van der Waals surface area contributed by atoms with E-state index in [4.69, 9.17) is 4.98 Å². The Kier molecular flexibility index (Phi) is 4.37. The van der Waals surface area contributed by atoms with Gasteiger partial charge in [-0.2, -0.15) is 0 Å². The van der Waals surface area contributed by atoms with Gasteiger partial charge < -0.3 is 15.2 Å². The van der Waals surface area contributed by atoms with E-state index < -0.39 is 0 Å². The summed E-state index contributed by atoms with van der Waals surface area (Å²) in [4.78, 5) is 22.8. The van der Waals surface area contributed by atoms with Crippen molar-refractivity contribution in [2.24, 2.45) is 0 Å². The van der Waals surface area contributed by atoms with Gasteiger partial charge in [-0.1, -0.05) is 18.2 Å². The maximum Gasteiger partial charge on any atom is 0.321 e. The molecular formula is C21H24N4O. The number of rotatable bonds is 2. The molecule has 0 saturated carbocycles. The second-order valence-corrected chi connectivity index (χ2v) is 7.23. The highest BCUT2D eigenvalue weighted by molar-refractivity contribution is 5.89. The van der Waals surface area contributed by atoms with E-state index in [0.717, 1.165) is 53.1 Å². The molecule has 2 heterocycles. The Morgan fingerprint density at radius 1 is 1.19 bits per heavy atom. The molecule has 1 saturated heterocycles. The number of hydrogen-bond donors (Lipinski definition) is 2. The van der Waals surface area contributed by atoms with Gasteiger partial charge in [0.15, 0.2) is 0 Å². The summed E-state index contributed by atoms with van der Waals surface area (Å²) in [6.07, 6.45) is 2.04. The average Bonchev–Trinajstić information content (AvgIpc) is 3.05. The van der Waals surface area contributed by atoms with Gasteiger partial charge in [-0.25, -0.2) is 9.78 Å². The van der Waals surface area contributed by atoms with Crippen LogP contribution in [0.3, 0.4) is 0 Å². The van der Waals surface area contributed by atoms with Crippen molar-refractivity contribution in [1.29, 1.82) is 0 Å². The third-order valence-corrected chi connectivity index (χ3v) is 4.98. The lowest BCUT2D eigenvalue weighted by molar-refractivity contribution is 0.191. The van der Waals surface area contributed by atoms with Gasteiger partial charge in [-0.05, 0) is 62.1 Å². The Labute approximate surface area is 153 Å². The van der Waals surface area contributed by atoms with Crippen LogP contribution < -0.4 is 5.32 Å². The van der Waals surface area contributed by atoms with Gasteiger partial charge in [0.1, 0.15) is 5.82 Å². The largest absolute Gasteiger partial charge is 0.342 e. The number of carbonyl (C=O) groups is 1. The first-order valence-corrected chi connectivity index (χ1v) is 9.17. The van der Waals surface area contributed by atoms with Crippen LogP contribution in [-0.2, 0) is 0 Å². The third kappa shape index (κ3) is 3.43. The van der Waals surface area contributed by atoms with Crippen LogP contribution in [0.15, 0.2) is 42.5 Å². The first kappa shape index (κ1) is 16.6. The van der Waals surface area contributed by atoms with E-state index in [1.165, 1.54) is 0 Å². The van der Waals surface area contributed by atoms with E-state index in [0.29, 0.717) is 6.54 Å². The van der Waals surface area contributed by atoms with Gasteiger partial charge in [-0.3, -0.25) is 0 Å². The Morgan fingerprint density at radius 2 is 1.96 bits per heavy atom. The molecule has 0 radical (unpaired) electrons. The number of urea groups is 1. The highest BCUT2D eigenvalue weighted by atomic mass is 16.2. The number of anilines is 1. The number of carbonyl (C=O) groups excluding carboxylic acids is 1. The van der Waals surface area contributed by atoms with Crippen molar-refractivity contribution in [3.63, 3.8) is 0 Å². The zero-order chi connectivity index (χ0) is 18.1. The molecule has 4 rings (SSSR count). The Bertz CT molecular complexity index is 893. The number of aromatic amines is 1. The normalized spacial score (nSPS) is 17.5. The number of hydrogen-bond acceptors (Lipinski definition) is 2. The lowest BCUT2D eigenvalue weighted by atomic mass is 9.97. The molecule has 1 fully saturated rings. The third-order valence-electron chi connectivity index (χ3n) is 4.98. The number of amides is 2. The van der Waals surface area contributed by atoms with Crippen LogP contribution >= 0.6 is 0 Å². The fourth-order valence-corrected chi connectivity index (χ4v) is 3.80. The fourth-order valence-electron chi connectivity index (χ4n) is 3.80. The van der Waals surface area contributed by atoms with Crippen LogP contribution in [0.5, 0.6) is 0 Å². The van der Waals surface area contributed by atoms with Crippen molar-refractivity contribution >= 4 is 22.8 Å². The van der Waals surface area contributed by atoms with E-state index in [-0.39, 0.29) is 11.9 Å². The number of nitrogens with zero attached hydrogens (tertiary/aromatic N) is 2. The highest BCUT2D eigenvalue weighted by Crippen LogP contribution is 2.27. The molecule has 3 aromatic rings. The summed E-state index contributed by atoms with van der Waals surface area (Å²) < 4.78 is 0. The molecule has 5 nitrogen and oxygen atoms in total. The quantitative estimate of drug-likeness (QED) is 0.711. The van der Waals surface area contributed by atoms with E-state index in [9.17, 15) is 4.79 Å². The number of likely N-dealkylation sites (tertiary alicyclic amines) is 1. The molecule has 1 aromatic heterocycles. The lowest BCUT2D eigenvalue weighted by Crippen LogP contribution is -2.41. The number of para-hydroxylation sites is 2. The van der Waals surface area contributed by atoms with E-state index in [2.05, 4.69) is 16.4 Å². The predicted octanol–water partition coefficient (Wildman–Crippen LogP) is 4.59. The van der Waals surface area contributed by atoms with E-state index >= 15 is 0 Å². The van der Waals surface area contributed by atoms with Crippen LogP contribution in [0, 0.1) is 13.8 Å². The monoisotopic (exact) mass is 348 g/mol. The van der Waals surface area contributed by atoms with Crippen molar-refractivity contribution in [3.05, 3.63) is 59.4 Å². The smallest absolute Gasteiger partial charge is 0.321 e. The summed E-state index contributed by atoms with van der Waals surface area (Å²) in [5.41, 5.74) is 5.20. The standard InChI is InChI=1S/C21H24N4O/c1-14-10-15(2)12-17(11-14)22-21(26)25-9-5-6-16(13-25)20-23-18-7-3-4-8-19(18)24-20/h3-4,7-8,10-12,16H,5-6,9,13H2,1-2H3,(H,22,26)(H,23,24)/t16-/m1/s1. The molecule has 1 aliphatic rings. The Balaban J connectivity index is 1.48. The van der Waals surface area contributed by atoms with Crippen LogP contribution in [0.4, 0.5) is 10.5 Å². The Morgan fingerprint density at radius 3 is 2.73 bits per heavy atom. The van der Waals surface area contributed by atoms with Gasteiger partial charge >= 0.3 is 6.03 Å². The average molecular weight is 348 g/mol. The summed E-state index contributed by atoms with van der Waals surface area (Å²) in [5, 5.41) is 3.05. The molecule has 134 valence electrons. The molecule has 2 N–H and O–H groups in total. The molecule has 2 aromatic carbocycles. The maximum absolute atomic E-state index is 12.7. The van der Waals surface area contributed by atoms with Gasteiger partial charge in [-0.15, -0.1) is 0 Å². The number of fused-ring (bicyclic) bond motifs is 1. The van der Waals surface area contributed by atoms with Crippen LogP contribution in [0.25, 0.3) is 11.0 Å². The number of H-pyrrole nitrogens is 1. The van der Waals surface area contributed by atoms with Gasteiger partial charge in [0.05, 0.1) is 11.0 Å². The predicted molar refractivity (Wildman–Crippen MR) is 105 cm³/mol. The van der Waals surface area contributed by atoms with Gasteiger partial charge in [0, 0.05) is 24.7 Å². The fraction of sp³-hybridized carbons (Fsp3) is 0.333. The summed E-state index contributed by atoms with van der Waals surface area (Å²) in [6, 6.07) is 14.1. The van der Waals surface area contributed by atoms with Crippen LogP contribution in [0.2, 0.25) is 0 Å². The molecule has 0 spiro atoms. The molecular weight excluding hydrogens is 324 g/mol. The second-order valence-electron chi connectivity index (χ2n) is 7.23. The molecule has 26 heavy (non-hydrogen) atoms. The summed E-state index contributed by atoms with van der Waals surface area (Å²) in [6.45, 7) is 5.56. The molecule has 0 aliphatic carbocycles. The van der Waals surface area contributed by atoms with Crippen molar-refractivity contribution in [2.45, 2.75) is 32.6 Å². The zero-order valence-corrected chi connectivity index (χ0v) is 15.2. The number of benzene rings is 2. The molecule has 0 unspecified atom stereocenters. The highest BCUT2D eigenvalue weighted by Gasteiger charge is 2.26. The SMILES string of the molecule is Cc1cc(C)cc(NC(=O)N2CCC[C@@H](c3nc4ccccc4[nH]3)C2)c1. The number of aromatic nitrogens is 2. The van der Waals surface area contributed by atoms with Crippen molar-refractivity contribution in [3.8, 4) is 0 Å². The molecule has 2 amide bonds. The molecule has 0 bridgehead atoms. The number of piperidine rings is 1. The zero-order valence-electron chi connectivity index (χ0n) is 15.2. The minimum atomic E-state index is -0.0317. The topological polar surface area (TPSA) is 61.0 Å². The van der Waals surface area contributed by atoms with Crippen LogP contribution in [-0.4, -0.2) is 34.0 Å². The summed E-state index contributed by atoms with van der Waals surface area (Å²) in [7, 11) is 0. The maximum atomic E-state index is 12.7. The molecule has 5 heteroatoms. The Hall–Kier alpha value is -2.82. The van der Waals surface area contributed by atoms with Gasteiger partial charge in [0.2, 0.25) is 0 Å². The van der Waals surface area contributed by atoms with E-state index in [1.807, 2.05) is 55.1 Å². The van der Waals surface area contributed by atoms with Crippen molar-refractivity contribution in [2.75, 3.05) is 18.4 Å².